The summed E-state index contributed by atoms with van der Waals surface area (Å²) in [7, 11) is 0. The number of pyridine rings is 1. The Balaban J connectivity index is 1.21. The van der Waals surface area contributed by atoms with Gasteiger partial charge in [0.2, 0.25) is 0 Å². The van der Waals surface area contributed by atoms with E-state index in [1.807, 2.05) is 23.0 Å². The fourth-order valence-corrected chi connectivity index (χ4v) is 5.45. The van der Waals surface area contributed by atoms with Crippen LogP contribution in [0.4, 0.5) is 15.0 Å². The van der Waals surface area contributed by atoms with Crippen LogP contribution in [-0.4, -0.2) is 51.7 Å². The van der Waals surface area contributed by atoms with E-state index in [-0.39, 0.29) is 36.5 Å². The van der Waals surface area contributed by atoms with Crippen LogP contribution in [0.5, 0.6) is 0 Å². The van der Waals surface area contributed by atoms with Crippen molar-refractivity contribution in [2.45, 2.75) is 70.1 Å². The minimum Gasteiger partial charge on any atom is -0.319 e. The fourth-order valence-electron chi connectivity index (χ4n) is 5.45. The van der Waals surface area contributed by atoms with Crippen molar-refractivity contribution in [3.05, 3.63) is 71.3 Å². The fraction of sp³-hybridized carbons (Fsp3) is 0.367. The topological polar surface area (TPSA) is 147 Å². The molecule has 218 valence electrons. The van der Waals surface area contributed by atoms with Gasteiger partial charge >= 0.3 is 6.03 Å². The van der Waals surface area contributed by atoms with Gasteiger partial charge < -0.3 is 24.7 Å². The molecular formula is C30H29FN10O2. The third-order valence-electron chi connectivity index (χ3n) is 8.18. The molecule has 1 aliphatic heterocycles. The highest BCUT2D eigenvalue weighted by Gasteiger charge is 2.46. The van der Waals surface area contributed by atoms with E-state index in [2.05, 4.69) is 36.9 Å². The van der Waals surface area contributed by atoms with Gasteiger partial charge in [0.05, 0.1) is 41.6 Å². The third-order valence-corrected chi connectivity index (χ3v) is 8.18. The molecule has 3 aliphatic rings. The molecule has 13 heteroatoms. The zero-order valence-corrected chi connectivity index (χ0v) is 23.7. The molecule has 43 heavy (non-hydrogen) atoms. The maximum Gasteiger partial charge on any atom is 0.319 e. The number of carbonyl (C=O) groups is 2. The molecule has 0 unspecified atom stereocenters. The molecule has 4 aromatic rings. The first-order valence-electron chi connectivity index (χ1n) is 14.3. The minimum atomic E-state index is -0.839. The van der Waals surface area contributed by atoms with Crippen LogP contribution in [0.15, 0.2) is 43.0 Å². The molecule has 7 rings (SSSR count). The lowest BCUT2D eigenvalue weighted by Crippen LogP contribution is -2.44. The Hall–Kier alpha value is -5.12. The summed E-state index contributed by atoms with van der Waals surface area (Å²) in [4.78, 5) is 37.5. The summed E-state index contributed by atoms with van der Waals surface area (Å²) in [6.45, 7) is 4.35. The summed E-state index contributed by atoms with van der Waals surface area (Å²) < 4.78 is 19.3. The van der Waals surface area contributed by atoms with Gasteiger partial charge in [-0.05, 0) is 69.4 Å². The van der Waals surface area contributed by atoms with E-state index < -0.39 is 17.3 Å². The number of urea groups is 1. The third kappa shape index (κ3) is 4.88. The molecule has 2 N–H and O–H groups in total. The number of imidazole rings is 1. The summed E-state index contributed by atoms with van der Waals surface area (Å²) in [5.41, 5.74) is 2.34. The second kappa shape index (κ2) is 10.0. The number of hydrogen-bond acceptors (Lipinski definition) is 7. The van der Waals surface area contributed by atoms with Crippen LogP contribution in [0, 0.1) is 17.1 Å². The van der Waals surface area contributed by atoms with Gasteiger partial charge in [-0.3, -0.25) is 4.79 Å². The minimum absolute atomic E-state index is 0.105. The molecule has 2 aliphatic carbocycles. The van der Waals surface area contributed by atoms with Crippen molar-refractivity contribution in [3.8, 4) is 23.3 Å². The molecule has 0 spiro atoms. The average Bonchev–Trinajstić information content (AvgIpc) is 3.90. The van der Waals surface area contributed by atoms with E-state index >= 15 is 4.39 Å². The van der Waals surface area contributed by atoms with Crippen LogP contribution in [0.25, 0.3) is 17.2 Å². The highest BCUT2D eigenvalue weighted by Crippen LogP contribution is 2.43. The number of hydrogen-bond donors (Lipinski definition) is 2. The molecule has 0 atom stereocenters. The van der Waals surface area contributed by atoms with Crippen molar-refractivity contribution in [2.75, 3.05) is 5.32 Å². The maximum atomic E-state index is 15.6. The summed E-state index contributed by atoms with van der Waals surface area (Å²) in [5.74, 6) is -0.294. The van der Waals surface area contributed by atoms with E-state index in [1.54, 1.807) is 35.8 Å². The normalized spacial score (nSPS) is 16.6. The second-order valence-electron chi connectivity index (χ2n) is 11.7. The zero-order valence-electron chi connectivity index (χ0n) is 23.7. The van der Waals surface area contributed by atoms with Gasteiger partial charge in [0.15, 0.2) is 5.82 Å². The summed E-state index contributed by atoms with van der Waals surface area (Å²) in [5, 5.41) is 23.2. The molecule has 1 aromatic carbocycles. The van der Waals surface area contributed by atoms with E-state index in [0.29, 0.717) is 41.5 Å². The number of nitriles is 1. The molecule has 12 nitrogen and oxygen atoms in total. The van der Waals surface area contributed by atoms with E-state index in [1.165, 1.54) is 12.1 Å². The number of anilines is 1. The number of amides is 3. The van der Waals surface area contributed by atoms with Crippen LogP contribution in [0.1, 0.15) is 78.8 Å². The predicted octanol–water partition coefficient (Wildman–Crippen LogP) is 4.46. The second-order valence-corrected chi connectivity index (χ2v) is 11.7. The van der Waals surface area contributed by atoms with Gasteiger partial charge in [0.25, 0.3) is 5.91 Å². The number of fused-ring (bicyclic) bond motifs is 3. The molecule has 2 saturated carbocycles. The molecule has 2 fully saturated rings. The largest absolute Gasteiger partial charge is 0.319 e. The van der Waals surface area contributed by atoms with Crippen LogP contribution < -0.4 is 10.6 Å². The number of rotatable bonds is 6. The SMILES string of the molecule is CC(C)n1cnnc1-c1cccc(NC(=O)c2cc3c(cc2F)CN(C(=O)NC2(C#N)CC2)Cc2c(C4CC4)ncn2-3)n1. The van der Waals surface area contributed by atoms with Crippen molar-refractivity contribution < 1.29 is 14.0 Å². The van der Waals surface area contributed by atoms with E-state index in [0.717, 1.165) is 24.2 Å². The van der Waals surface area contributed by atoms with Crippen molar-refractivity contribution >= 4 is 17.8 Å². The Bertz CT molecular complexity index is 1810. The molecule has 0 bridgehead atoms. The first-order valence-corrected chi connectivity index (χ1v) is 14.3. The first kappa shape index (κ1) is 26.8. The first-order chi connectivity index (χ1) is 20.7. The summed E-state index contributed by atoms with van der Waals surface area (Å²) in [6.07, 6.45) is 6.53. The van der Waals surface area contributed by atoms with Crippen LogP contribution >= 0.6 is 0 Å². The van der Waals surface area contributed by atoms with Gasteiger partial charge in [-0.25, -0.2) is 19.2 Å². The predicted molar refractivity (Wildman–Crippen MR) is 152 cm³/mol. The van der Waals surface area contributed by atoms with Crippen LogP contribution in [0.2, 0.25) is 0 Å². The Morgan fingerprint density at radius 2 is 1.98 bits per heavy atom. The lowest BCUT2D eigenvalue weighted by atomic mass is 10.1. The van der Waals surface area contributed by atoms with Gasteiger partial charge in [0, 0.05) is 18.5 Å². The maximum absolute atomic E-state index is 15.6. The monoisotopic (exact) mass is 580 g/mol. The zero-order chi connectivity index (χ0) is 29.9. The summed E-state index contributed by atoms with van der Waals surface area (Å²) in [6, 6.07) is 9.83. The molecule has 0 saturated heterocycles. The van der Waals surface area contributed by atoms with Crippen molar-refractivity contribution in [1.82, 2.24) is 39.5 Å². The Kier molecular flexibility index (Phi) is 6.23. The highest BCUT2D eigenvalue weighted by molar-refractivity contribution is 6.04. The number of nitrogens with zero attached hydrogens (tertiary/aromatic N) is 8. The Morgan fingerprint density at radius 1 is 1.16 bits per heavy atom. The quantitative estimate of drug-likeness (QED) is 0.342. The number of halogens is 1. The van der Waals surface area contributed by atoms with E-state index in [9.17, 15) is 14.9 Å². The number of nitrogens with one attached hydrogen (secondary N) is 2. The van der Waals surface area contributed by atoms with Gasteiger partial charge in [-0.1, -0.05) is 6.07 Å². The van der Waals surface area contributed by atoms with Crippen molar-refractivity contribution in [2.24, 2.45) is 0 Å². The number of carbonyl (C=O) groups excluding carboxylic acids is 2. The van der Waals surface area contributed by atoms with Crippen molar-refractivity contribution in [1.29, 1.82) is 5.26 Å². The molecule has 0 radical (unpaired) electrons. The molecule has 3 aromatic heterocycles. The van der Waals surface area contributed by atoms with Crippen LogP contribution in [-0.2, 0) is 13.1 Å². The van der Waals surface area contributed by atoms with Gasteiger partial charge in [0.1, 0.15) is 29.2 Å². The molecule has 3 amide bonds. The molecule has 4 heterocycles. The summed E-state index contributed by atoms with van der Waals surface area (Å²) >= 11 is 0. The lowest BCUT2D eigenvalue weighted by Gasteiger charge is -2.23. The average molecular weight is 581 g/mol. The number of benzene rings is 1. The standard InChI is InChI=1S/C30H29FN10O2/c1-17(2)40-16-34-38-27(40)22-4-3-5-25(35-22)36-28(42)20-11-23-19(10-21(20)31)12-39(29(43)37-30(14-32)8-9-30)13-24-26(18-6-7-18)33-15-41(23)24/h3-5,10-11,15-18H,6-9,12-13H2,1-2H3,(H,37,43)(H,35,36,42). The van der Waals surface area contributed by atoms with E-state index in [4.69, 9.17) is 0 Å². The molecular weight excluding hydrogens is 551 g/mol. The highest BCUT2D eigenvalue weighted by atomic mass is 19.1. The lowest BCUT2D eigenvalue weighted by molar-refractivity contribution is 0.102. The van der Waals surface area contributed by atoms with Crippen LogP contribution in [0.3, 0.4) is 0 Å². The Labute approximate surface area is 246 Å². The van der Waals surface area contributed by atoms with Gasteiger partial charge in [-0.2, -0.15) is 5.26 Å². The van der Waals surface area contributed by atoms with Gasteiger partial charge in [-0.15, -0.1) is 10.2 Å². The Morgan fingerprint density at radius 3 is 2.70 bits per heavy atom. The van der Waals surface area contributed by atoms with Crippen molar-refractivity contribution in [3.63, 3.8) is 0 Å². The number of aromatic nitrogens is 6. The smallest absolute Gasteiger partial charge is 0.319 e.